The summed E-state index contributed by atoms with van der Waals surface area (Å²) in [6, 6.07) is 0. The Morgan fingerprint density at radius 2 is 2.22 bits per heavy atom. The third-order valence-corrected chi connectivity index (χ3v) is 4.82. The van der Waals surface area contributed by atoms with Crippen LogP contribution in [0.1, 0.15) is 52.4 Å². The standard InChI is InChI=1S/C15H30N2O/c1-3-9-18-14-5-4-8-17(11-14)15(12-16)7-6-13(2)10-15/h13-14H,3-12,16H2,1-2H3. The lowest BCUT2D eigenvalue weighted by atomic mass is 9.91. The zero-order chi connectivity index (χ0) is 13.0. The van der Waals surface area contributed by atoms with E-state index in [9.17, 15) is 0 Å². The molecule has 0 radical (unpaired) electrons. The Balaban J connectivity index is 1.94. The Hall–Kier alpha value is -0.120. The molecule has 106 valence electrons. The molecule has 0 aromatic carbocycles. The number of hydrogen-bond acceptors (Lipinski definition) is 3. The minimum absolute atomic E-state index is 0.285. The maximum absolute atomic E-state index is 6.12. The van der Waals surface area contributed by atoms with E-state index in [4.69, 9.17) is 10.5 Å². The summed E-state index contributed by atoms with van der Waals surface area (Å²) >= 11 is 0. The fourth-order valence-corrected chi connectivity index (χ4v) is 3.76. The lowest BCUT2D eigenvalue weighted by Gasteiger charge is -2.45. The van der Waals surface area contributed by atoms with Gasteiger partial charge in [-0.1, -0.05) is 13.8 Å². The van der Waals surface area contributed by atoms with Crippen LogP contribution in [0.25, 0.3) is 0 Å². The largest absolute Gasteiger partial charge is 0.377 e. The van der Waals surface area contributed by atoms with Gasteiger partial charge in [0, 0.05) is 25.2 Å². The maximum atomic E-state index is 6.12. The molecular formula is C15H30N2O. The third kappa shape index (κ3) is 3.06. The van der Waals surface area contributed by atoms with E-state index in [1.807, 2.05) is 0 Å². The second kappa shape index (κ2) is 6.36. The number of nitrogens with zero attached hydrogens (tertiary/aromatic N) is 1. The molecule has 3 nitrogen and oxygen atoms in total. The number of ether oxygens (including phenoxy) is 1. The molecule has 18 heavy (non-hydrogen) atoms. The van der Waals surface area contributed by atoms with Crippen LogP contribution in [-0.4, -0.2) is 42.8 Å². The SMILES string of the molecule is CCCOC1CCCN(C2(CN)CCC(C)C2)C1. The van der Waals surface area contributed by atoms with Gasteiger partial charge in [-0.25, -0.2) is 0 Å². The van der Waals surface area contributed by atoms with Gasteiger partial charge in [0.25, 0.3) is 0 Å². The molecule has 2 fully saturated rings. The van der Waals surface area contributed by atoms with Gasteiger partial charge in [0.2, 0.25) is 0 Å². The van der Waals surface area contributed by atoms with E-state index >= 15 is 0 Å². The van der Waals surface area contributed by atoms with Crippen LogP contribution >= 0.6 is 0 Å². The molecule has 1 aliphatic heterocycles. The van der Waals surface area contributed by atoms with Gasteiger partial charge in [-0.15, -0.1) is 0 Å². The van der Waals surface area contributed by atoms with Crippen molar-refractivity contribution >= 4 is 0 Å². The molecule has 1 saturated heterocycles. The van der Waals surface area contributed by atoms with Crippen LogP contribution in [0.15, 0.2) is 0 Å². The average Bonchev–Trinajstić information content (AvgIpc) is 2.80. The molecule has 3 heteroatoms. The normalized spacial score (nSPS) is 38.2. The van der Waals surface area contributed by atoms with Crippen LogP contribution in [0, 0.1) is 5.92 Å². The zero-order valence-electron chi connectivity index (χ0n) is 12.2. The van der Waals surface area contributed by atoms with E-state index in [-0.39, 0.29) is 5.54 Å². The quantitative estimate of drug-likeness (QED) is 0.819. The number of piperidine rings is 1. The Morgan fingerprint density at radius 1 is 1.39 bits per heavy atom. The minimum atomic E-state index is 0.285. The highest BCUT2D eigenvalue weighted by atomic mass is 16.5. The van der Waals surface area contributed by atoms with Crippen molar-refractivity contribution in [3.63, 3.8) is 0 Å². The molecule has 3 atom stereocenters. The van der Waals surface area contributed by atoms with Crippen LogP contribution in [-0.2, 0) is 4.74 Å². The summed E-state index contributed by atoms with van der Waals surface area (Å²) in [6.07, 6.45) is 7.97. The second-order valence-electron chi connectivity index (χ2n) is 6.36. The molecule has 2 aliphatic rings. The average molecular weight is 254 g/mol. The van der Waals surface area contributed by atoms with E-state index in [0.29, 0.717) is 6.10 Å². The Labute approximate surface area is 112 Å². The number of likely N-dealkylation sites (tertiary alicyclic amines) is 1. The topological polar surface area (TPSA) is 38.5 Å². The van der Waals surface area contributed by atoms with Crippen LogP contribution in [0.2, 0.25) is 0 Å². The van der Waals surface area contributed by atoms with Crippen molar-refractivity contribution in [3.05, 3.63) is 0 Å². The molecule has 0 amide bonds. The van der Waals surface area contributed by atoms with Gasteiger partial charge in [-0.05, 0) is 51.0 Å². The Bertz CT molecular complexity index is 259. The van der Waals surface area contributed by atoms with Crippen molar-refractivity contribution in [2.24, 2.45) is 11.7 Å². The fraction of sp³-hybridized carbons (Fsp3) is 1.00. The second-order valence-corrected chi connectivity index (χ2v) is 6.36. The summed E-state index contributed by atoms with van der Waals surface area (Å²) in [4.78, 5) is 2.65. The highest BCUT2D eigenvalue weighted by molar-refractivity contribution is 4.99. The van der Waals surface area contributed by atoms with Gasteiger partial charge in [0.15, 0.2) is 0 Å². The van der Waals surface area contributed by atoms with Gasteiger partial charge < -0.3 is 10.5 Å². The number of nitrogens with two attached hydrogens (primary N) is 1. The summed E-state index contributed by atoms with van der Waals surface area (Å²) in [5.41, 5.74) is 6.41. The van der Waals surface area contributed by atoms with Crippen molar-refractivity contribution in [1.29, 1.82) is 0 Å². The van der Waals surface area contributed by atoms with Crippen molar-refractivity contribution in [1.82, 2.24) is 4.90 Å². The van der Waals surface area contributed by atoms with Crippen LogP contribution in [0.5, 0.6) is 0 Å². The molecule has 0 bridgehead atoms. The molecule has 2 N–H and O–H groups in total. The maximum Gasteiger partial charge on any atom is 0.0702 e. The first-order chi connectivity index (χ1) is 8.70. The monoisotopic (exact) mass is 254 g/mol. The van der Waals surface area contributed by atoms with Crippen LogP contribution in [0.4, 0.5) is 0 Å². The van der Waals surface area contributed by atoms with Crippen molar-refractivity contribution in [3.8, 4) is 0 Å². The minimum Gasteiger partial charge on any atom is -0.377 e. The summed E-state index contributed by atoms with van der Waals surface area (Å²) in [6.45, 7) is 8.59. The van der Waals surface area contributed by atoms with E-state index in [1.54, 1.807) is 0 Å². The van der Waals surface area contributed by atoms with Crippen LogP contribution in [0.3, 0.4) is 0 Å². The molecule has 1 aliphatic carbocycles. The van der Waals surface area contributed by atoms with Crippen molar-refractivity contribution < 1.29 is 4.74 Å². The molecule has 3 unspecified atom stereocenters. The van der Waals surface area contributed by atoms with E-state index in [0.717, 1.165) is 32.0 Å². The smallest absolute Gasteiger partial charge is 0.0702 e. The lowest BCUT2D eigenvalue weighted by molar-refractivity contribution is -0.0357. The first kappa shape index (κ1) is 14.3. The fourth-order valence-electron chi connectivity index (χ4n) is 3.76. The van der Waals surface area contributed by atoms with Gasteiger partial charge in [0.1, 0.15) is 0 Å². The molecule has 0 aromatic rings. The van der Waals surface area contributed by atoms with Gasteiger partial charge in [-0.2, -0.15) is 0 Å². The molecule has 0 aromatic heterocycles. The first-order valence-electron chi connectivity index (χ1n) is 7.77. The molecule has 1 heterocycles. The highest BCUT2D eigenvalue weighted by Crippen LogP contribution is 2.39. The summed E-state index contributed by atoms with van der Waals surface area (Å²) < 4.78 is 5.96. The molecule has 2 rings (SSSR count). The number of hydrogen-bond donors (Lipinski definition) is 1. The molecule has 1 saturated carbocycles. The van der Waals surface area contributed by atoms with Crippen molar-refractivity contribution in [2.75, 3.05) is 26.2 Å². The Kier molecular flexibility index (Phi) is 5.05. The number of rotatable bonds is 5. The van der Waals surface area contributed by atoms with E-state index in [2.05, 4.69) is 18.7 Å². The Morgan fingerprint density at radius 3 is 2.83 bits per heavy atom. The molecular weight excluding hydrogens is 224 g/mol. The van der Waals surface area contributed by atoms with Crippen molar-refractivity contribution in [2.45, 2.75) is 64.0 Å². The predicted molar refractivity (Wildman–Crippen MR) is 75.6 cm³/mol. The lowest BCUT2D eigenvalue weighted by Crippen LogP contribution is -2.57. The summed E-state index contributed by atoms with van der Waals surface area (Å²) in [5.74, 6) is 0.838. The molecule has 0 spiro atoms. The van der Waals surface area contributed by atoms with E-state index in [1.165, 1.54) is 38.6 Å². The first-order valence-corrected chi connectivity index (χ1v) is 7.77. The highest BCUT2D eigenvalue weighted by Gasteiger charge is 2.42. The summed E-state index contributed by atoms with van der Waals surface area (Å²) in [5, 5.41) is 0. The van der Waals surface area contributed by atoms with Gasteiger partial charge in [-0.3, -0.25) is 4.90 Å². The van der Waals surface area contributed by atoms with E-state index < -0.39 is 0 Å². The third-order valence-electron chi connectivity index (χ3n) is 4.82. The predicted octanol–water partition coefficient (Wildman–Crippen LogP) is 2.39. The zero-order valence-corrected chi connectivity index (χ0v) is 12.2. The van der Waals surface area contributed by atoms with Crippen LogP contribution < -0.4 is 5.73 Å². The van der Waals surface area contributed by atoms with Gasteiger partial charge >= 0.3 is 0 Å². The van der Waals surface area contributed by atoms with Gasteiger partial charge in [0.05, 0.1) is 6.10 Å². The summed E-state index contributed by atoms with van der Waals surface area (Å²) in [7, 11) is 0.